The highest BCUT2D eigenvalue weighted by molar-refractivity contribution is 8.19. The van der Waals surface area contributed by atoms with E-state index in [0.717, 1.165) is 28.6 Å². The van der Waals surface area contributed by atoms with E-state index in [0.29, 0.717) is 10.6 Å². The van der Waals surface area contributed by atoms with Gasteiger partial charge in [0.15, 0.2) is 0 Å². The van der Waals surface area contributed by atoms with Crippen molar-refractivity contribution in [3.8, 4) is 5.75 Å². The third kappa shape index (κ3) is 3.00. The highest BCUT2D eigenvalue weighted by Gasteiger charge is 2.36. The molecule has 3 rings (SSSR count). The maximum absolute atomic E-state index is 12.5. The molecule has 4 nitrogen and oxygen atoms in total. The van der Waals surface area contributed by atoms with Crippen molar-refractivity contribution >= 4 is 34.7 Å². The van der Waals surface area contributed by atoms with Gasteiger partial charge in [-0.05, 0) is 60.2 Å². The van der Waals surface area contributed by atoms with Gasteiger partial charge < -0.3 is 4.74 Å². The molecule has 2 aromatic rings. The van der Waals surface area contributed by atoms with Crippen LogP contribution in [0.5, 0.6) is 5.75 Å². The van der Waals surface area contributed by atoms with E-state index in [1.54, 1.807) is 37.5 Å². The summed E-state index contributed by atoms with van der Waals surface area (Å²) < 4.78 is 5.23. The summed E-state index contributed by atoms with van der Waals surface area (Å²) in [7, 11) is 1.62. The Morgan fingerprint density at radius 3 is 2.48 bits per heavy atom. The Bertz CT molecular complexity index is 799. The SMILES string of the molecule is COc1ccc(/C=C2\SC(=O)N(c3ccccc3)C2=O)cc1C. The van der Waals surface area contributed by atoms with E-state index in [1.165, 1.54) is 4.90 Å². The first-order chi connectivity index (χ1) is 11.1. The molecule has 0 spiro atoms. The van der Waals surface area contributed by atoms with Crippen LogP contribution in [0, 0.1) is 6.92 Å². The minimum atomic E-state index is -0.292. The number of carbonyl (C=O) groups is 2. The van der Waals surface area contributed by atoms with Gasteiger partial charge in [-0.25, -0.2) is 4.90 Å². The molecule has 0 radical (unpaired) electrons. The summed E-state index contributed by atoms with van der Waals surface area (Å²) in [6, 6.07) is 14.6. The van der Waals surface area contributed by atoms with Crippen LogP contribution in [0.4, 0.5) is 10.5 Å². The lowest BCUT2D eigenvalue weighted by atomic mass is 10.1. The second-order valence-electron chi connectivity index (χ2n) is 5.08. The fourth-order valence-electron chi connectivity index (χ4n) is 2.41. The molecule has 116 valence electrons. The van der Waals surface area contributed by atoms with Crippen molar-refractivity contribution in [3.63, 3.8) is 0 Å². The minimum Gasteiger partial charge on any atom is -0.496 e. The fraction of sp³-hybridized carbons (Fsp3) is 0.111. The summed E-state index contributed by atoms with van der Waals surface area (Å²) in [6.07, 6.45) is 1.74. The molecule has 1 aliphatic rings. The average molecular weight is 325 g/mol. The molecule has 1 saturated heterocycles. The summed E-state index contributed by atoms with van der Waals surface area (Å²) in [5.74, 6) is 0.499. The number of anilines is 1. The topological polar surface area (TPSA) is 46.6 Å². The van der Waals surface area contributed by atoms with E-state index in [4.69, 9.17) is 4.74 Å². The van der Waals surface area contributed by atoms with Gasteiger partial charge in [-0.1, -0.05) is 24.3 Å². The van der Waals surface area contributed by atoms with Gasteiger partial charge in [0.2, 0.25) is 0 Å². The lowest BCUT2D eigenvalue weighted by Gasteiger charge is -2.11. The van der Waals surface area contributed by atoms with E-state index in [-0.39, 0.29) is 11.1 Å². The number of para-hydroxylation sites is 1. The zero-order chi connectivity index (χ0) is 16.4. The molecule has 0 bridgehead atoms. The molecule has 1 fully saturated rings. The Balaban J connectivity index is 1.91. The van der Waals surface area contributed by atoms with Gasteiger partial charge in [-0.15, -0.1) is 0 Å². The number of nitrogens with zero attached hydrogens (tertiary/aromatic N) is 1. The van der Waals surface area contributed by atoms with E-state index in [1.807, 2.05) is 31.2 Å². The molecule has 0 atom stereocenters. The molecule has 5 heteroatoms. The second-order valence-corrected chi connectivity index (χ2v) is 6.07. The van der Waals surface area contributed by atoms with E-state index < -0.39 is 0 Å². The number of amides is 2. The van der Waals surface area contributed by atoms with Crippen LogP contribution in [0.15, 0.2) is 53.4 Å². The third-order valence-electron chi connectivity index (χ3n) is 3.52. The van der Waals surface area contributed by atoms with Gasteiger partial charge in [0.25, 0.3) is 11.1 Å². The Labute approximate surface area is 138 Å². The number of methoxy groups -OCH3 is 1. The van der Waals surface area contributed by atoms with Gasteiger partial charge >= 0.3 is 0 Å². The van der Waals surface area contributed by atoms with Gasteiger partial charge in [-0.3, -0.25) is 9.59 Å². The smallest absolute Gasteiger partial charge is 0.298 e. The zero-order valence-electron chi connectivity index (χ0n) is 12.8. The van der Waals surface area contributed by atoms with Crippen LogP contribution in [0.1, 0.15) is 11.1 Å². The first-order valence-corrected chi connectivity index (χ1v) is 7.89. The molecule has 0 aromatic heterocycles. The number of aryl methyl sites for hydroxylation is 1. The largest absolute Gasteiger partial charge is 0.496 e. The number of rotatable bonds is 3. The monoisotopic (exact) mass is 325 g/mol. The van der Waals surface area contributed by atoms with Crippen molar-refractivity contribution in [1.82, 2.24) is 0 Å². The van der Waals surface area contributed by atoms with Gasteiger partial charge in [0.05, 0.1) is 17.7 Å². The molecular formula is C18H15NO3S. The quantitative estimate of drug-likeness (QED) is 0.792. The van der Waals surface area contributed by atoms with E-state index in [9.17, 15) is 9.59 Å². The number of benzene rings is 2. The highest BCUT2D eigenvalue weighted by Crippen LogP contribution is 2.35. The molecule has 2 aromatic carbocycles. The lowest BCUT2D eigenvalue weighted by Crippen LogP contribution is -2.27. The van der Waals surface area contributed by atoms with Crippen molar-refractivity contribution < 1.29 is 14.3 Å². The molecule has 23 heavy (non-hydrogen) atoms. The minimum absolute atomic E-state index is 0.280. The molecule has 1 heterocycles. The van der Waals surface area contributed by atoms with Gasteiger partial charge in [0, 0.05) is 0 Å². The predicted octanol–water partition coefficient (Wildman–Crippen LogP) is 4.24. The molecule has 0 unspecified atom stereocenters. The number of hydrogen-bond acceptors (Lipinski definition) is 4. The van der Waals surface area contributed by atoms with Crippen LogP contribution in [0.3, 0.4) is 0 Å². The number of ether oxygens (including phenoxy) is 1. The third-order valence-corrected chi connectivity index (χ3v) is 4.39. The van der Waals surface area contributed by atoms with E-state index >= 15 is 0 Å². The Morgan fingerprint density at radius 2 is 1.83 bits per heavy atom. The van der Waals surface area contributed by atoms with Crippen molar-refractivity contribution in [2.45, 2.75) is 6.92 Å². The summed E-state index contributed by atoms with van der Waals surface area (Å²) in [5.41, 5.74) is 2.43. The summed E-state index contributed by atoms with van der Waals surface area (Å²) in [4.78, 5) is 26.3. The predicted molar refractivity (Wildman–Crippen MR) is 92.6 cm³/mol. The molecular weight excluding hydrogens is 310 g/mol. The number of carbonyl (C=O) groups excluding carboxylic acids is 2. The van der Waals surface area contributed by atoms with Crippen molar-refractivity contribution in [1.29, 1.82) is 0 Å². The van der Waals surface area contributed by atoms with Crippen molar-refractivity contribution in [2.75, 3.05) is 12.0 Å². The van der Waals surface area contributed by atoms with E-state index in [2.05, 4.69) is 0 Å². The average Bonchev–Trinajstić information content (AvgIpc) is 2.82. The maximum Gasteiger partial charge on any atom is 0.298 e. The van der Waals surface area contributed by atoms with Gasteiger partial charge in [-0.2, -0.15) is 0 Å². The Kier molecular flexibility index (Phi) is 4.21. The first-order valence-electron chi connectivity index (χ1n) is 7.08. The van der Waals surface area contributed by atoms with Crippen LogP contribution >= 0.6 is 11.8 Å². The normalized spacial score (nSPS) is 16.3. The fourth-order valence-corrected chi connectivity index (χ4v) is 3.25. The van der Waals surface area contributed by atoms with Crippen LogP contribution in [0.25, 0.3) is 6.08 Å². The first kappa shape index (κ1) is 15.4. The van der Waals surface area contributed by atoms with Crippen LogP contribution in [0.2, 0.25) is 0 Å². The number of thioether (sulfide) groups is 1. The van der Waals surface area contributed by atoms with Crippen molar-refractivity contribution in [3.05, 3.63) is 64.6 Å². The van der Waals surface area contributed by atoms with Gasteiger partial charge in [0.1, 0.15) is 5.75 Å². The summed E-state index contributed by atoms with van der Waals surface area (Å²) in [6.45, 7) is 1.94. The van der Waals surface area contributed by atoms with Crippen LogP contribution in [-0.2, 0) is 4.79 Å². The summed E-state index contributed by atoms with van der Waals surface area (Å²) in [5, 5.41) is -0.280. The standard InChI is InChI=1S/C18H15NO3S/c1-12-10-13(8-9-15(12)22-2)11-16-17(20)19(18(21)23-16)14-6-4-3-5-7-14/h3-11H,1-2H3/b16-11-. The summed E-state index contributed by atoms with van der Waals surface area (Å²) >= 11 is 0.955. The molecule has 0 N–H and O–H groups in total. The van der Waals surface area contributed by atoms with Crippen LogP contribution < -0.4 is 9.64 Å². The number of imide groups is 1. The maximum atomic E-state index is 12.5. The number of hydrogen-bond donors (Lipinski definition) is 0. The zero-order valence-corrected chi connectivity index (χ0v) is 13.6. The van der Waals surface area contributed by atoms with Crippen molar-refractivity contribution in [2.24, 2.45) is 0 Å². The molecule has 2 amide bonds. The lowest BCUT2D eigenvalue weighted by molar-refractivity contribution is -0.113. The second kappa shape index (κ2) is 6.30. The molecule has 0 aliphatic carbocycles. The Morgan fingerprint density at radius 1 is 1.09 bits per heavy atom. The Hall–Kier alpha value is -2.53. The molecule has 0 saturated carbocycles. The molecule has 1 aliphatic heterocycles. The highest BCUT2D eigenvalue weighted by atomic mass is 32.2. The van der Waals surface area contributed by atoms with Crippen LogP contribution in [-0.4, -0.2) is 18.3 Å².